The summed E-state index contributed by atoms with van der Waals surface area (Å²) in [7, 11) is 1.62. The van der Waals surface area contributed by atoms with E-state index in [2.05, 4.69) is 0 Å². The second kappa shape index (κ2) is 5.48. The van der Waals surface area contributed by atoms with Crippen LogP contribution in [0.3, 0.4) is 0 Å². The van der Waals surface area contributed by atoms with E-state index in [0.29, 0.717) is 26.1 Å². The van der Waals surface area contributed by atoms with Gasteiger partial charge in [0.05, 0.1) is 20.2 Å². The largest absolute Gasteiger partial charge is 0.496 e. The Bertz CT molecular complexity index is 464. The lowest BCUT2D eigenvalue weighted by atomic mass is 10.0. The summed E-state index contributed by atoms with van der Waals surface area (Å²) in [5.41, 5.74) is 6.05. The second-order valence-corrected chi connectivity index (χ2v) is 5.02. The van der Waals surface area contributed by atoms with Gasteiger partial charge in [0.25, 0.3) is 0 Å². The van der Waals surface area contributed by atoms with Crippen LogP contribution in [0, 0.1) is 0 Å². The first-order valence-corrected chi connectivity index (χ1v) is 6.38. The molecule has 1 heterocycles. The Kier molecular flexibility index (Phi) is 3.95. The van der Waals surface area contributed by atoms with Crippen molar-refractivity contribution < 1.29 is 14.3 Å². The van der Waals surface area contributed by atoms with E-state index >= 15 is 0 Å². The van der Waals surface area contributed by atoms with Crippen molar-refractivity contribution in [3.63, 3.8) is 0 Å². The summed E-state index contributed by atoms with van der Waals surface area (Å²) in [6.07, 6.45) is 0.378. The Hall–Kier alpha value is -1.75. The van der Waals surface area contributed by atoms with Gasteiger partial charge in [-0.05, 0) is 19.5 Å². The van der Waals surface area contributed by atoms with Crippen molar-refractivity contribution in [1.29, 1.82) is 0 Å². The molecule has 1 aliphatic rings. The van der Waals surface area contributed by atoms with Gasteiger partial charge in [0.15, 0.2) is 0 Å². The molecule has 1 aromatic carbocycles. The van der Waals surface area contributed by atoms with Crippen molar-refractivity contribution in [2.24, 2.45) is 5.73 Å². The second-order valence-electron chi connectivity index (χ2n) is 5.02. The number of carbonyl (C=O) groups is 1. The standard InChI is InChI=1S/C14H20N2O3/c1-14(7-8-15)10-16(13(17)19-14)9-11-5-3-4-6-12(11)18-2/h3-6H,7-10,15H2,1-2H3. The summed E-state index contributed by atoms with van der Waals surface area (Å²) in [6.45, 7) is 3.47. The zero-order chi connectivity index (χ0) is 13.9. The SMILES string of the molecule is COc1ccccc1CN1CC(C)(CCN)OC1=O. The van der Waals surface area contributed by atoms with E-state index in [-0.39, 0.29) is 6.09 Å². The highest BCUT2D eigenvalue weighted by Gasteiger charge is 2.40. The van der Waals surface area contributed by atoms with Crippen molar-refractivity contribution in [3.8, 4) is 5.75 Å². The molecule has 19 heavy (non-hydrogen) atoms. The third kappa shape index (κ3) is 2.98. The first-order valence-electron chi connectivity index (χ1n) is 6.38. The minimum absolute atomic E-state index is 0.290. The molecule has 1 amide bonds. The van der Waals surface area contributed by atoms with Crippen molar-refractivity contribution in [1.82, 2.24) is 4.90 Å². The van der Waals surface area contributed by atoms with E-state index in [1.807, 2.05) is 31.2 Å². The van der Waals surface area contributed by atoms with E-state index in [9.17, 15) is 4.79 Å². The Balaban J connectivity index is 2.09. The van der Waals surface area contributed by atoms with Gasteiger partial charge in [-0.1, -0.05) is 18.2 Å². The van der Waals surface area contributed by atoms with Crippen molar-refractivity contribution in [2.45, 2.75) is 25.5 Å². The molecule has 2 N–H and O–H groups in total. The Labute approximate surface area is 113 Å². The zero-order valence-corrected chi connectivity index (χ0v) is 11.4. The van der Waals surface area contributed by atoms with Crippen molar-refractivity contribution >= 4 is 6.09 Å². The van der Waals surface area contributed by atoms with Gasteiger partial charge < -0.3 is 15.2 Å². The fourth-order valence-electron chi connectivity index (χ4n) is 2.37. The highest BCUT2D eigenvalue weighted by Crippen LogP contribution is 2.28. The number of benzene rings is 1. The molecule has 0 bridgehead atoms. The molecule has 104 valence electrons. The molecule has 0 spiro atoms. The summed E-state index contributed by atoms with van der Waals surface area (Å²) >= 11 is 0. The maximum absolute atomic E-state index is 11.9. The Morgan fingerprint density at radius 3 is 2.89 bits per heavy atom. The zero-order valence-electron chi connectivity index (χ0n) is 11.4. The predicted molar refractivity (Wildman–Crippen MR) is 72.0 cm³/mol. The van der Waals surface area contributed by atoms with E-state index in [1.165, 1.54) is 0 Å². The number of rotatable bonds is 5. The molecule has 2 rings (SSSR count). The number of ether oxygens (including phenoxy) is 2. The van der Waals surface area contributed by atoms with Crippen LogP contribution in [0.4, 0.5) is 4.79 Å². The van der Waals surface area contributed by atoms with Gasteiger partial charge in [-0.3, -0.25) is 4.90 Å². The highest BCUT2D eigenvalue weighted by molar-refractivity contribution is 5.70. The summed E-state index contributed by atoms with van der Waals surface area (Å²) in [5.74, 6) is 0.780. The topological polar surface area (TPSA) is 64.8 Å². The van der Waals surface area contributed by atoms with E-state index in [0.717, 1.165) is 11.3 Å². The number of nitrogens with zero attached hydrogens (tertiary/aromatic N) is 1. The predicted octanol–water partition coefficient (Wildman–Crippen LogP) is 1.75. The molecule has 1 saturated heterocycles. The lowest BCUT2D eigenvalue weighted by molar-refractivity contribution is 0.0669. The minimum atomic E-state index is -0.478. The van der Waals surface area contributed by atoms with Crippen LogP contribution in [-0.2, 0) is 11.3 Å². The molecule has 1 unspecified atom stereocenters. The van der Waals surface area contributed by atoms with Gasteiger partial charge in [0.2, 0.25) is 0 Å². The minimum Gasteiger partial charge on any atom is -0.496 e. The molecule has 1 aromatic rings. The smallest absolute Gasteiger partial charge is 0.410 e. The maximum Gasteiger partial charge on any atom is 0.410 e. The van der Waals surface area contributed by atoms with Crippen LogP contribution in [0.25, 0.3) is 0 Å². The van der Waals surface area contributed by atoms with E-state index in [4.69, 9.17) is 15.2 Å². The monoisotopic (exact) mass is 264 g/mol. The molecule has 1 fully saturated rings. The van der Waals surface area contributed by atoms with Gasteiger partial charge in [-0.25, -0.2) is 4.79 Å². The maximum atomic E-state index is 11.9. The molecule has 0 aliphatic carbocycles. The number of hydrogen-bond donors (Lipinski definition) is 1. The summed E-state index contributed by atoms with van der Waals surface area (Å²) in [5, 5.41) is 0. The molecule has 1 atom stereocenters. The van der Waals surface area contributed by atoms with E-state index in [1.54, 1.807) is 12.0 Å². The third-order valence-electron chi connectivity index (χ3n) is 3.34. The number of hydrogen-bond acceptors (Lipinski definition) is 4. The fraction of sp³-hybridized carbons (Fsp3) is 0.500. The Morgan fingerprint density at radius 1 is 1.47 bits per heavy atom. The molecule has 5 nitrogen and oxygen atoms in total. The molecule has 0 radical (unpaired) electrons. The number of carbonyl (C=O) groups excluding carboxylic acids is 1. The summed E-state index contributed by atoms with van der Waals surface area (Å²) in [4.78, 5) is 13.6. The van der Waals surface area contributed by atoms with Crippen LogP contribution < -0.4 is 10.5 Å². The van der Waals surface area contributed by atoms with Gasteiger partial charge in [-0.2, -0.15) is 0 Å². The van der Waals surface area contributed by atoms with Crippen LogP contribution in [-0.4, -0.2) is 36.8 Å². The molecule has 1 aliphatic heterocycles. The number of nitrogens with two attached hydrogens (primary N) is 1. The first kappa shape index (κ1) is 13.7. The molecule has 0 saturated carbocycles. The van der Waals surface area contributed by atoms with Gasteiger partial charge in [0.1, 0.15) is 11.4 Å². The van der Waals surface area contributed by atoms with Gasteiger partial charge in [0, 0.05) is 12.0 Å². The lowest BCUT2D eigenvalue weighted by Gasteiger charge is -2.20. The Morgan fingerprint density at radius 2 is 2.21 bits per heavy atom. The normalized spacial score (nSPS) is 22.5. The molecular formula is C14H20N2O3. The van der Waals surface area contributed by atoms with Crippen molar-refractivity contribution in [3.05, 3.63) is 29.8 Å². The average Bonchev–Trinajstić information content (AvgIpc) is 2.65. The quantitative estimate of drug-likeness (QED) is 0.880. The number of cyclic esters (lactones) is 1. The summed E-state index contributed by atoms with van der Waals surface area (Å²) in [6, 6.07) is 7.67. The third-order valence-corrected chi connectivity index (χ3v) is 3.34. The molecular weight excluding hydrogens is 244 g/mol. The molecule has 0 aromatic heterocycles. The highest BCUT2D eigenvalue weighted by atomic mass is 16.6. The summed E-state index contributed by atoms with van der Waals surface area (Å²) < 4.78 is 10.7. The first-order chi connectivity index (χ1) is 9.08. The van der Waals surface area contributed by atoms with Crippen LogP contribution in [0.2, 0.25) is 0 Å². The van der Waals surface area contributed by atoms with Crippen LogP contribution in [0.1, 0.15) is 18.9 Å². The van der Waals surface area contributed by atoms with Crippen LogP contribution >= 0.6 is 0 Å². The molecule has 5 heteroatoms. The number of methoxy groups -OCH3 is 1. The number of amides is 1. The van der Waals surface area contributed by atoms with Gasteiger partial charge >= 0.3 is 6.09 Å². The van der Waals surface area contributed by atoms with Crippen LogP contribution in [0.5, 0.6) is 5.75 Å². The number of para-hydroxylation sites is 1. The van der Waals surface area contributed by atoms with Crippen molar-refractivity contribution in [2.75, 3.05) is 20.2 Å². The fourth-order valence-corrected chi connectivity index (χ4v) is 2.37. The van der Waals surface area contributed by atoms with E-state index < -0.39 is 5.60 Å². The average molecular weight is 264 g/mol. The van der Waals surface area contributed by atoms with Crippen LogP contribution in [0.15, 0.2) is 24.3 Å². The lowest BCUT2D eigenvalue weighted by Crippen LogP contribution is -2.33. The van der Waals surface area contributed by atoms with Gasteiger partial charge in [-0.15, -0.1) is 0 Å².